The van der Waals surface area contributed by atoms with Crippen molar-refractivity contribution in [1.82, 2.24) is 20.2 Å². The first-order chi connectivity index (χ1) is 29.0. The summed E-state index contributed by atoms with van der Waals surface area (Å²) in [7, 11) is 3.97. The van der Waals surface area contributed by atoms with Crippen LogP contribution >= 0.6 is 11.6 Å². The molecule has 0 unspecified atom stereocenters. The van der Waals surface area contributed by atoms with E-state index in [2.05, 4.69) is 27.7 Å². The second-order valence-electron chi connectivity index (χ2n) is 15.9. The number of fused-ring (bicyclic) bond motifs is 3. The van der Waals surface area contributed by atoms with Crippen LogP contribution in [0.5, 0.6) is 11.5 Å². The first-order valence-corrected chi connectivity index (χ1v) is 20.7. The van der Waals surface area contributed by atoms with Crippen molar-refractivity contribution >= 4 is 50.9 Å². The summed E-state index contributed by atoms with van der Waals surface area (Å²) in [5, 5.41) is 8.97. The first-order valence-electron chi connectivity index (χ1n) is 20.3. The molecule has 1 saturated carbocycles. The van der Waals surface area contributed by atoms with Gasteiger partial charge in [-0.05, 0) is 111 Å². The Labute approximate surface area is 351 Å². The topological polar surface area (TPSA) is 122 Å². The summed E-state index contributed by atoms with van der Waals surface area (Å²) >= 11 is 6.13. The summed E-state index contributed by atoms with van der Waals surface area (Å²) in [6.45, 7) is 3.14. The van der Waals surface area contributed by atoms with E-state index < -0.39 is 11.6 Å². The van der Waals surface area contributed by atoms with Crippen molar-refractivity contribution in [2.45, 2.75) is 63.6 Å². The van der Waals surface area contributed by atoms with Gasteiger partial charge < -0.3 is 29.4 Å². The summed E-state index contributed by atoms with van der Waals surface area (Å²) in [4.78, 5) is 38.3. The number of carbonyl (C=O) groups excluding carboxylic acids is 1. The van der Waals surface area contributed by atoms with Crippen molar-refractivity contribution in [2.75, 3.05) is 44.2 Å². The van der Waals surface area contributed by atoms with Crippen LogP contribution in [-0.4, -0.2) is 66.8 Å². The zero-order chi connectivity index (χ0) is 41.8. The molecule has 0 spiro atoms. The lowest BCUT2D eigenvalue weighted by molar-refractivity contribution is 0.0921. The highest BCUT2D eigenvalue weighted by molar-refractivity contribution is 6.31. The molecule has 2 N–H and O–H groups in total. The lowest BCUT2D eigenvalue weighted by Gasteiger charge is -2.33. The third-order valence-electron chi connectivity index (χ3n) is 11.4. The fraction of sp³-hybridized carbons (Fsp3) is 0.348. The second-order valence-corrected chi connectivity index (χ2v) is 16.3. The van der Waals surface area contributed by atoms with Gasteiger partial charge in [-0.15, -0.1) is 0 Å². The van der Waals surface area contributed by atoms with Crippen LogP contribution in [-0.2, 0) is 13.0 Å². The van der Waals surface area contributed by atoms with Gasteiger partial charge in [0.25, 0.3) is 5.91 Å². The van der Waals surface area contributed by atoms with E-state index in [0.717, 1.165) is 122 Å². The van der Waals surface area contributed by atoms with Gasteiger partial charge in [-0.2, -0.15) is 0 Å². The Balaban J connectivity index is 0.000000167. The number of hydrogen-bond donors (Lipinski definition) is 2. The maximum atomic E-state index is 13.4. The van der Waals surface area contributed by atoms with E-state index in [0.29, 0.717) is 29.4 Å². The molecule has 312 valence electrons. The largest absolute Gasteiger partial charge is 0.454 e. The standard InChI is InChI=1S/C24H26F2N4O.C22H21ClN2O4/c1-30(2)23-18-5-3-4-6-21(18)28-22(29-23)13-15-7-10-17(11-8-15)27-24(31)16-9-12-19(25)20(26)14-16;23-15-2-4-19-17(10-15)18(11-22(26)29-19)24-16-5-7-25(8-6-16)12-14-1-3-20-21(9-14)28-13-27-20/h3-6,9,12,14-15,17H,7-8,10-11,13H2,1-2H3,(H,27,31);1-4,9-11,16,24H,5-8,12-13H2. The van der Waals surface area contributed by atoms with Crippen LogP contribution in [0.3, 0.4) is 0 Å². The molecule has 4 heterocycles. The Kier molecular flexibility index (Phi) is 12.4. The summed E-state index contributed by atoms with van der Waals surface area (Å²) < 4.78 is 42.6. The van der Waals surface area contributed by atoms with Gasteiger partial charge >= 0.3 is 5.63 Å². The summed E-state index contributed by atoms with van der Waals surface area (Å²) in [6.07, 6.45) is 6.38. The lowest BCUT2D eigenvalue weighted by Crippen LogP contribution is -2.38. The number of anilines is 2. The van der Waals surface area contributed by atoms with Crippen LogP contribution in [0.15, 0.2) is 94.1 Å². The molecule has 1 aliphatic carbocycles. The molecule has 60 heavy (non-hydrogen) atoms. The number of amides is 1. The molecule has 14 heteroatoms. The minimum Gasteiger partial charge on any atom is -0.454 e. The van der Waals surface area contributed by atoms with Gasteiger partial charge in [0, 0.05) is 79.7 Å². The van der Waals surface area contributed by atoms with Crippen LogP contribution in [0.25, 0.3) is 21.9 Å². The molecule has 2 aliphatic heterocycles. The lowest BCUT2D eigenvalue weighted by atomic mass is 9.84. The van der Waals surface area contributed by atoms with Gasteiger partial charge in [0.2, 0.25) is 6.79 Å². The number of benzene rings is 4. The normalized spacial score (nSPS) is 17.9. The molecule has 2 aromatic heterocycles. The molecule has 1 amide bonds. The van der Waals surface area contributed by atoms with E-state index >= 15 is 0 Å². The SMILES string of the molecule is CN(C)c1nc(CC2CCC(NC(=O)c3ccc(F)c(F)c3)CC2)nc2ccccc12.O=c1cc(NC2CCN(Cc3ccc4c(c3)OCO4)CC2)c2cc(Cl)ccc2o1. The summed E-state index contributed by atoms with van der Waals surface area (Å²) in [5.41, 5.74) is 3.28. The average Bonchev–Trinajstić information content (AvgIpc) is 3.71. The summed E-state index contributed by atoms with van der Waals surface area (Å²) in [6, 6.07) is 24.5. The molecule has 3 aliphatic rings. The average molecular weight is 837 g/mol. The number of aromatic nitrogens is 2. The summed E-state index contributed by atoms with van der Waals surface area (Å²) in [5.74, 6) is 1.53. The molecule has 11 nitrogen and oxygen atoms in total. The van der Waals surface area contributed by atoms with Crippen LogP contribution < -0.4 is 30.6 Å². The fourth-order valence-electron chi connectivity index (χ4n) is 8.22. The van der Waals surface area contributed by atoms with Crippen molar-refractivity contribution in [1.29, 1.82) is 0 Å². The monoisotopic (exact) mass is 836 g/mol. The number of nitrogens with zero attached hydrogens (tertiary/aromatic N) is 4. The van der Waals surface area contributed by atoms with Gasteiger partial charge in [-0.25, -0.2) is 23.5 Å². The van der Waals surface area contributed by atoms with E-state index in [1.165, 1.54) is 17.7 Å². The minimum absolute atomic E-state index is 0.0340. The highest BCUT2D eigenvalue weighted by Crippen LogP contribution is 2.34. The number of likely N-dealkylation sites (tertiary alicyclic amines) is 1. The molecule has 4 aromatic carbocycles. The number of rotatable bonds is 9. The van der Waals surface area contributed by atoms with Crippen LogP contribution in [0.1, 0.15) is 60.3 Å². The number of halogens is 3. The number of carbonyl (C=O) groups is 1. The third kappa shape index (κ3) is 9.80. The molecule has 2 fully saturated rings. The van der Waals surface area contributed by atoms with Gasteiger partial charge in [0.15, 0.2) is 23.1 Å². The Morgan fingerprint density at radius 2 is 1.62 bits per heavy atom. The third-order valence-corrected chi connectivity index (χ3v) is 11.6. The molecule has 0 atom stereocenters. The number of ether oxygens (including phenoxy) is 2. The van der Waals surface area contributed by atoms with E-state index in [1.54, 1.807) is 12.1 Å². The Bertz CT molecular complexity index is 2560. The molecule has 9 rings (SSSR count). The van der Waals surface area contributed by atoms with E-state index in [4.69, 9.17) is 35.5 Å². The number of piperidine rings is 1. The van der Waals surface area contributed by atoms with Crippen molar-refractivity contribution in [3.05, 3.63) is 129 Å². The van der Waals surface area contributed by atoms with Crippen molar-refractivity contribution in [3.63, 3.8) is 0 Å². The zero-order valence-electron chi connectivity index (χ0n) is 33.6. The number of hydrogen-bond acceptors (Lipinski definition) is 10. The number of para-hydroxylation sites is 1. The van der Waals surface area contributed by atoms with Crippen molar-refractivity contribution in [2.24, 2.45) is 5.92 Å². The smallest absolute Gasteiger partial charge is 0.338 e. The van der Waals surface area contributed by atoms with Gasteiger partial charge in [-0.1, -0.05) is 29.8 Å². The van der Waals surface area contributed by atoms with E-state index in [1.807, 2.05) is 55.4 Å². The molecule has 1 saturated heterocycles. The quantitative estimate of drug-likeness (QED) is 0.137. The molecule has 6 aromatic rings. The zero-order valence-corrected chi connectivity index (χ0v) is 34.3. The van der Waals surface area contributed by atoms with Crippen LogP contribution in [0, 0.1) is 17.6 Å². The first kappa shape index (κ1) is 41.0. The molecular weight excluding hydrogens is 790 g/mol. The highest BCUT2D eigenvalue weighted by atomic mass is 35.5. The molecule has 0 bridgehead atoms. The van der Waals surface area contributed by atoms with E-state index in [-0.39, 0.29) is 23.1 Å². The van der Waals surface area contributed by atoms with Crippen molar-refractivity contribution < 1.29 is 27.5 Å². The molecular formula is C46H47ClF2N6O5. The van der Waals surface area contributed by atoms with Gasteiger partial charge in [0.05, 0.1) is 11.2 Å². The fourth-order valence-corrected chi connectivity index (χ4v) is 8.39. The Morgan fingerprint density at radius 3 is 2.40 bits per heavy atom. The predicted octanol–water partition coefficient (Wildman–Crippen LogP) is 8.76. The molecule has 0 radical (unpaired) electrons. The maximum Gasteiger partial charge on any atom is 0.338 e. The van der Waals surface area contributed by atoms with Crippen LogP contribution in [0.4, 0.5) is 20.3 Å². The minimum atomic E-state index is -1.01. The second kappa shape index (κ2) is 18.2. The van der Waals surface area contributed by atoms with E-state index in [9.17, 15) is 18.4 Å². The van der Waals surface area contributed by atoms with Crippen LogP contribution in [0.2, 0.25) is 5.02 Å². The van der Waals surface area contributed by atoms with Gasteiger partial charge in [-0.3, -0.25) is 9.69 Å². The predicted molar refractivity (Wildman–Crippen MR) is 229 cm³/mol. The maximum absolute atomic E-state index is 13.4. The Hall–Kier alpha value is -5.79. The van der Waals surface area contributed by atoms with Gasteiger partial charge in [0.1, 0.15) is 17.2 Å². The Morgan fingerprint density at radius 1 is 0.833 bits per heavy atom. The number of nitrogens with one attached hydrogen (secondary N) is 2. The highest BCUT2D eigenvalue weighted by Gasteiger charge is 2.25. The van der Waals surface area contributed by atoms with Crippen molar-refractivity contribution in [3.8, 4) is 11.5 Å².